The molecule has 0 saturated carbocycles. The first-order chi connectivity index (χ1) is 11.2. The molecule has 1 aliphatic rings. The molecule has 2 heterocycles. The number of benzene rings is 1. The molecule has 6 heteroatoms. The van der Waals surface area contributed by atoms with Crippen LogP contribution in [0.4, 0.5) is 5.69 Å². The van der Waals surface area contributed by atoms with Crippen molar-refractivity contribution in [3.05, 3.63) is 36.2 Å². The number of morpholine rings is 1. The van der Waals surface area contributed by atoms with Crippen LogP contribution in [0, 0.1) is 0 Å². The van der Waals surface area contributed by atoms with Crippen molar-refractivity contribution in [3.8, 4) is 11.8 Å². The third-order valence-corrected chi connectivity index (χ3v) is 4.04. The van der Waals surface area contributed by atoms with E-state index in [2.05, 4.69) is 22.9 Å². The van der Waals surface area contributed by atoms with Crippen LogP contribution in [0.15, 0.2) is 30.5 Å². The van der Waals surface area contributed by atoms with E-state index in [1.807, 2.05) is 29.7 Å². The molecular weight excluding hydrogens is 292 g/mol. The van der Waals surface area contributed by atoms with Crippen LogP contribution < -0.4 is 15.4 Å². The maximum absolute atomic E-state index is 6.00. The van der Waals surface area contributed by atoms with Gasteiger partial charge in [0.15, 0.2) is 0 Å². The van der Waals surface area contributed by atoms with Crippen LogP contribution in [0.1, 0.15) is 25.6 Å². The highest BCUT2D eigenvalue weighted by molar-refractivity contribution is 5.51. The Kier molecular flexibility index (Phi) is 4.83. The van der Waals surface area contributed by atoms with Crippen LogP contribution in [0.5, 0.6) is 11.8 Å². The summed E-state index contributed by atoms with van der Waals surface area (Å²) in [6.45, 7) is 8.13. The molecule has 0 spiro atoms. The molecule has 1 atom stereocenters. The first-order valence-electron chi connectivity index (χ1n) is 8.10. The van der Waals surface area contributed by atoms with Crippen molar-refractivity contribution in [1.82, 2.24) is 9.55 Å². The minimum absolute atomic E-state index is 0.0699. The van der Waals surface area contributed by atoms with Crippen LogP contribution in [-0.2, 0) is 11.3 Å². The standard InChI is InChI=1S/C17H24N4O2/c1-3-21-16(13(2)18)12-19-17(21)23-15-6-4-5-14(11-15)20-7-9-22-10-8-20/h4-6,11-13H,3,7-10,18H2,1-2H3. The number of anilines is 1. The molecule has 3 rings (SSSR count). The maximum atomic E-state index is 6.00. The Labute approximate surface area is 136 Å². The van der Waals surface area contributed by atoms with Crippen molar-refractivity contribution in [2.24, 2.45) is 5.73 Å². The first-order valence-corrected chi connectivity index (χ1v) is 8.10. The van der Waals surface area contributed by atoms with Gasteiger partial charge >= 0.3 is 6.01 Å². The summed E-state index contributed by atoms with van der Waals surface area (Å²) >= 11 is 0. The monoisotopic (exact) mass is 316 g/mol. The summed E-state index contributed by atoms with van der Waals surface area (Å²) in [6, 6.07) is 8.61. The quantitative estimate of drug-likeness (QED) is 0.918. The third-order valence-electron chi connectivity index (χ3n) is 4.04. The molecule has 2 aromatic rings. The van der Waals surface area contributed by atoms with Gasteiger partial charge in [0.25, 0.3) is 0 Å². The SMILES string of the molecule is CCn1c(C(C)N)cnc1Oc1cccc(N2CCOCC2)c1. The van der Waals surface area contributed by atoms with E-state index < -0.39 is 0 Å². The lowest BCUT2D eigenvalue weighted by Crippen LogP contribution is -2.36. The minimum Gasteiger partial charge on any atom is -0.425 e. The van der Waals surface area contributed by atoms with Crippen LogP contribution in [-0.4, -0.2) is 35.9 Å². The van der Waals surface area contributed by atoms with Gasteiger partial charge in [-0.25, -0.2) is 4.98 Å². The second kappa shape index (κ2) is 7.02. The van der Waals surface area contributed by atoms with E-state index in [1.165, 1.54) is 0 Å². The number of hydrogen-bond donors (Lipinski definition) is 1. The Morgan fingerprint density at radius 2 is 2.13 bits per heavy atom. The topological polar surface area (TPSA) is 65.5 Å². The van der Waals surface area contributed by atoms with Crippen molar-refractivity contribution < 1.29 is 9.47 Å². The number of aromatic nitrogens is 2. The number of nitrogens with two attached hydrogens (primary N) is 1. The Bertz CT molecular complexity index is 648. The van der Waals surface area contributed by atoms with Gasteiger partial charge in [0.05, 0.1) is 25.1 Å². The van der Waals surface area contributed by atoms with E-state index in [0.717, 1.165) is 50.0 Å². The Morgan fingerprint density at radius 1 is 1.35 bits per heavy atom. The zero-order valence-electron chi connectivity index (χ0n) is 13.7. The molecule has 124 valence electrons. The summed E-state index contributed by atoms with van der Waals surface area (Å²) in [5.74, 6) is 0.783. The molecule has 0 bridgehead atoms. The zero-order chi connectivity index (χ0) is 16.2. The van der Waals surface area contributed by atoms with E-state index in [1.54, 1.807) is 6.20 Å². The summed E-state index contributed by atoms with van der Waals surface area (Å²) in [7, 11) is 0. The van der Waals surface area contributed by atoms with Crippen LogP contribution in [0.3, 0.4) is 0 Å². The predicted molar refractivity (Wildman–Crippen MR) is 90.1 cm³/mol. The third kappa shape index (κ3) is 3.48. The molecule has 1 aliphatic heterocycles. The summed E-state index contributed by atoms with van der Waals surface area (Å²) in [5.41, 5.74) is 8.11. The fraction of sp³-hybridized carbons (Fsp3) is 0.471. The summed E-state index contributed by atoms with van der Waals surface area (Å²) in [5, 5.41) is 0. The van der Waals surface area contributed by atoms with E-state index in [0.29, 0.717) is 6.01 Å². The second-order valence-electron chi connectivity index (χ2n) is 5.70. The summed E-state index contributed by atoms with van der Waals surface area (Å²) < 4.78 is 13.4. The normalized spacial score (nSPS) is 16.4. The predicted octanol–water partition coefficient (Wildman–Crippen LogP) is 2.55. The number of rotatable bonds is 5. The molecule has 1 aromatic heterocycles. The molecule has 2 N–H and O–H groups in total. The van der Waals surface area contributed by atoms with Gasteiger partial charge in [-0.1, -0.05) is 6.07 Å². The van der Waals surface area contributed by atoms with Gasteiger partial charge in [0.2, 0.25) is 0 Å². The average Bonchev–Trinajstić information content (AvgIpc) is 2.99. The van der Waals surface area contributed by atoms with Gasteiger partial charge in [-0.15, -0.1) is 0 Å². The van der Waals surface area contributed by atoms with Gasteiger partial charge in [-0.05, 0) is 26.0 Å². The number of imidazole rings is 1. The Balaban J connectivity index is 1.80. The van der Waals surface area contributed by atoms with Gasteiger partial charge in [-0.2, -0.15) is 0 Å². The molecule has 6 nitrogen and oxygen atoms in total. The highest BCUT2D eigenvalue weighted by Gasteiger charge is 2.15. The second-order valence-corrected chi connectivity index (χ2v) is 5.70. The lowest BCUT2D eigenvalue weighted by atomic mass is 10.2. The summed E-state index contributed by atoms with van der Waals surface area (Å²) in [6.07, 6.45) is 1.79. The van der Waals surface area contributed by atoms with Crippen molar-refractivity contribution in [2.75, 3.05) is 31.2 Å². The van der Waals surface area contributed by atoms with Crippen molar-refractivity contribution >= 4 is 5.69 Å². The molecule has 0 aliphatic carbocycles. The van der Waals surface area contributed by atoms with Gasteiger partial charge in [0, 0.05) is 37.4 Å². The van der Waals surface area contributed by atoms with Crippen LogP contribution in [0.25, 0.3) is 0 Å². The fourth-order valence-electron chi connectivity index (χ4n) is 2.80. The van der Waals surface area contributed by atoms with Gasteiger partial charge in [-0.3, -0.25) is 4.57 Å². The van der Waals surface area contributed by atoms with Gasteiger partial charge in [0.1, 0.15) is 5.75 Å². The maximum Gasteiger partial charge on any atom is 0.302 e. The molecule has 1 fully saturated rings. The lowest BCUT2D eigenvalue weighted by molar-refractivity contribution is 0.122. The van der Waals surface area contributed by atoms with E-state index >= 15 is 0 Å². The highest BCUT2D eigenvalue weighted by Crippen LogP contribution is 2.27. The zero-order valence-corrected chi connectivity index (χ0v) is 13.7. The first kappa shape index (κ1) is 15.8. The molecule has 1 saturated heterocycles. The smallest absolute Gasteiger partial charge is 0.302 e. The largest absolute Gasteiger partial charge is 0.425 e. The minimum atomic E-state index is -0.0699. The van der Waals surface area contributed by atoms with Crippen molar-refractivity contribution in [1.29, 1.82) is 0 Å². The van der Waals surface area contributed by atoms with Crippen LogP contribution >= 0.6 is 0 Å². The molecule has 0 amide bonds. The summed E-state index contributed by atoms with van der Waals surface area (Å²) in [4.78, 5) is 6.67. The number of nitrogens with zero attached hydrogens (tertiary/aromatic N) is 3. The molecule has 1 aromatic carbocycles. The van der Waals surface area contributed by atoms with E-state index in [4.69, 9.17) is 15.2 Å². The van der Waals surface area contributed by atoms with E-state index in [-0.39, 0.29) is 6.04 Å². The Morgan fingerprint density at radius 3 is 2.83 bits per heavy atom. The number of ether oxygens (including phenoxy) is 2. The number of hydrogen-bond acceptors (Lipinski definition) is 5. The van der Waals surface area contributed by atoms with E-state index in [9.17, 15) is 0 Å². The molecule has 23 heavy (non-hydrogen) atoms. The Hall–Kier alpha value is -2.05. The highest BCUT2D eigenvalue weighted by atomic mass is 16.5. The van der Waals surface area contributed by atoms with Crippen molar-refractivity contribution in [2.45, 2.75) is 26.4 Å². The molecule has 1 unspecified atom stereocenters. The van der Waals surface area contributed by atoms with Crippen molar-refractivity contribution in [3.63, 3.8) is 0 Å². The molecular formula is C17H24N4O2. The van der Waals surface area contributed by atoms with Gasteiger partial charge < -0.3 is 20.1 Å². The fourth-order valence-corrected chi connectivity index (χ4v) is 2.80. The lowest BCUT2D eigenvalue weighted by Gasteiger charge is -2.29. The molecule has 0 radical (unpaired) electrons. The van der Waals surface area contributed by atoms with Crippen LogP contribution in [0.2, 0.25) is 0 Å². The average molecular weight is 316 g/mol.